The molecule has 178 valence electrons. The molecule has 1 aromatic carbocycles. The third kappa shape index (κ3) is 4.05. The van der Waals surface area contributed by atoms with E-state index in [0.29, 0.717) is 18.3 Å². The van der Waals surface area contributed by atoms with Crippen LogP contribution in [0.2, 0.25) is 0 Å². The fourth-order valence-corrected chi connectivity index (χ4v) is 4.76. The van der Waals surface area contributed by atoms with Crippen molar-refractivity contribution < 1.29 is 9.53 Å². The van der Waals surface area contributed by atoms with Gasteiger partial charge in [-0.05, 0) is 56.8 Å². The molecule has 1 amide bonds. The van der Waals surface area contributed by atoms with Crippen LogP contribution in [0.15, 0.2) is 24.7 Å². The van der Waals surface area contributed by atoms with E-state index in [-0.39, 0.29) is 11.9 Å². The van der Waals surface area contributed by atoms with Crippen LogP contribution in [-0.4, -0.2) is 51.7 Å². The van der Waals surface area contributed by atoms with Crippen LogP contribution in [0.1, 0.15) is 35.2 Å². The molecule has 0 bridgehead atoms. The summed E-state index contributed by atoms with van der Waals surface area (Å²) < 4.78 is 7.45. The number of aromatic nitrogens is 4. The van der Waals surface area contributed by atoms with Crippen LogP contribution < -0.4 is 26.0 Å². The number of carbonyl (C=O) groups excluding carboxylic acids is 1. The summed E-state index contributed by atoms with van der Waals surface area (Å²) in [6.07, 6.45) is 6.12. The van der Waals surface area contributed by atoms with Crippen molar-refractivity contribution in [2.75, 3.05) is 30.4 Å². The first-order valence-corrected chi connectivity index (χ1v) is 11.6. The van der Waals surface area contributed by atoms with Gasteiger partial charge in [-0.3, -0.25) is 4.79 Å². The molecule has 0 spiro atoms. The number of anilines is 3. The molecule has 2 aliphatic rings. The Balaban J connectivity index is 1.46. The number of nitrogens with one attached hydrogen (secondary N) is 2. The third-order valence-electron chi connectivity index (χ3n) is 6.71. The Hall–Kier alpha value is -3.66. The molecular weight excluding hydrogens is 432 g/mol. The summed E-state index contributed by atoms with van der Waals surface area (Å²) in [6, 6.07) is 3.75. The SMILES string of the molecule is COc1cc(-n2cnc(Nc3nc4c(c(N5CCC[C@H]5C(N)=O)n3)CCNC4)c2)cc(C)c1C. The highest BCUT2D eigenvalue weighted by molar-refractivity contribution is 5.84. The van der Waals surface area contributed by atoms with Crippen molar-refractivity contribution in [2.45, 2.75) is 45.7 Å². The van der Waals surface area contributed by atoms with Gasteiger partial charge in [0.1, 0.15) is 23.9 Å². The van der Waals surface area contributed by atoms with E-state index in [1.807, 2.05) is 28.7 Å². The summed E-state index contributed by atoms with van der Waals surface area (Å²) in [5, 5.41) is 6.62. The molecule has 2 aromatic heterocycles. The van der Waals surface area contributed by atoms with E-state index in [1.165, 1.54) is 0 Å². The first-order chi connectivity index (χ1) is 16.4. The first-order valence-electron chi connectivity index (χ1n) is 11.6. The predicted octanol–water partition coefficient (Wildman–Crippen LogP) is 2.13. The molecule has 1 atom stereocenters. The number of methoxy groups -OCH3 is 1. The number of hydrogen-bond donors (Lipinski definition) is 3. The second-order valence-corrected chi connectivity index (χ2v) is 8.86. The van der Waals surface area contributed by atoms with Crippen molar-refractivity contribution in [3.63, 3.8) is 0 Å². The van der Waals surface area contributed by atoms with Gasteiger partial charge < -0.3 is 30.6 Å². The number of benzene rings is 1. The monoisotopic (exact) mass is 462 g/mol. The van der Waals surface area contributed by atoms with Gasteiger partial charge in [0.2, 0.25) is 11.9 Å². The Morgan fingerprint density at radius 1 is 1.29 bits per heavy atom. The smallest absolute Gasteiger partial charge is 0.240 e. The number of aryl methyl sites for hydroxylation is 1. The van der Waals surface area contributed by atoms with E-state index in [2.05, 4.69) is 28.6 Å². The summed E-state index contributed by atoms with van der Waals surface area (Å²) >= 11 is 0. The molecule has 10 heteroatoms. The number of primary amides is 1. The van der Waals surface area contributed by atoms with Gasteiger partial charge in [-0.15, -0.1) is 0 Å². The van der Waals surface area contributed by atoms with E-state index < -0.39 is 0 Å². The van der Waals surface area contributed by atoms with Crippen LogP contribution in [0.4, 0.5) is 17.6 Å². The van der Waals surface area contributed by atoms with Gasteiger partial charge in [0, 0.05) is 24.7 Å². The molecule has 4 heterocycles. The van der Waals surface area contributed by atoms with Gasteiger partial charge >= 0.3 is 0 Å². The Labute approximate surface area is 198 Å². The lowest BCUT2D eigenvalue weighted by molar-refractivity contribution is -0.119. The minimum Gasteiger partial charge on any atom is -0.496 e. The largest absolute Gasteiger partial charge is 0.496 e. The van der Waals surface area contributed by atoms with E-state index >= 15 is 0 Å². The average Bonchev–Trinajstić information content (AvgIpc) is 3.50. The van der Waals surface area contributed by atoms with Crippen LogP contribution in [0.25, 0.3) is 5.69 Å². The molecule has 1 fully saturated rings. The van der Waals surface area contributed by atoms with E-state index in [0.717, 1.165) is 72.0 Å². The van der Waals surface area contributed by atoms with Crippen molar-refractivity contribution in [2.24, 2.45) is 5.73 Å². The zero-order chi connectivity index (χ0) is 23.8. The molecule has 1 saturated heterocycles. The van der Waals surface area contributed by atoms with Gasteiger partial charge in [-0.25, -0.2) is 9.97 Å². The highest BCUT2D eigenvalue weighted by Gasteiger charge is 2.33. The van der Waals surface area contributed by atoms with Crippen molar-refractivity contribution in [3.05, 3.63) is 47.0 Å². The number of nitrogens with two attached hydrogens (primary N) is 1. The van der Waals surface area contributed by atoms with Gasteiger partial charge in [0.25, 0.3) is 0 Å². The van der Waals surface area contributed by atoms with Crippen LogP contribution in [0.3, 0.4) is 0 Å². The van der Waals surface area contributed by atoms with E-state index in [4.69, 9.17) is 20.4 Å². The number of carbonyl (C=O) groups is 1. The number of rotatable bonds is 6. The molecular formula is C24H30N8O2. The standard InChI is InChI=1S/C24H30N8O2/c1-14-9-16(10-20(34-3)15(14)2)31-12-21(27-13-31)29-24-28-18-11-26-7-6-17(18)23(30-24)32-8-4-5-19(32)22(25)33/h9-10,12-13,19,26H,4-8,11H2,1-3H3,(H2,25,33)(H,28,29,30)/t19-/m0/s1. The second-order valence-electron chi connectivity index (χ2n) is 8.86. The zero-order valence-corrected chi connectivity index (χ0v) is 19.8. The lowest BCUT2D eigenvalue weighted by Gasteiger charge is -2.28. The molecule has 0 radical (unpaired) electrons. The number of imidazole rings is 1. The fraction of sp³-hybridized carbons (Fsp3) is 0.417. The van der Waals surface area contributed by atoms with E-state index in [9.17, 15) is 4.79 Å². The van der Waals surface area contributed by atoms with Crippen molar-refractivity contribution in [1.82, 2.24) is 24.8 Å². The Bertz CT molecular complexity index is 1240. The summed E-state index contributed by atoms with van der Waals surface area (Å²) in [5.41, 5.74) is 10.9. The minimum absolute atomic E-state index is 0.309. The summed E-state index contributed by atoms with van der Waals surface area (Å²) in [4.78, 5) is 28.2. The van der Waals surface area contributed by atoms with Crippen molar-refractivity contribution in [3.8, 4) is 11.4 Å². The lowest BCUT2D eigenvalue weighted by Crippen LogP contribution is -2.42. The Morgan fingerprint density at radius 2 is 2.15 bits per heavy atom. The Kier molecular flexibility index (Phi) is 5.82. The molecule has 5 rings (SSSR count). The first kappa shape index (κ1) is 22.1. The van der Waals surface area contributed by atoms with Gasteiger partial charge in [-0.2, -0.15) is 4.98 Å². The molecule has 3 aromatic rings. The molecule has 4 N–H and O–H groups in total. The summed E-state index contributed by atoms with van der Waals surface area (Å²) in [6.45, 7) is 6.38. The molecule has 34 heavy (non-hydrogen) atoms. The average molecular weight is 463 g/mol. The highest BCUT2D eigenvalue weighted by atomic mass is 16.5. The summed E-state index contributed by atoms with van der Waals surface area (Å²) in [7, 11) is 1.68. The maximum Gasteiger partial charge on any atom is 0.240 e. The topological polar surface area (TPSA) is 123 Å². The van der Waals surface area contributed by atoms with E-state index in [1.54, 1.807) is 13.4 Å². The quantitative estimate of drug-likeness (QED) is 0.509. The number of ether oxygens (including phenoxy) is 1. The van der Waals surface area contributed by atoms with Crippen LogP contribution in [0, 0.1) is 13.8 Å². The Morgan fingerprint density at radius 3 is 2.94 bits per heavy atom. The van der Waals surface area contributed by atoms with Gasteiger partial charge in [0.05, 0.1) is 24.7 Å². The second kappa shape index (κ2) is 8.94. The number of hydrogen-bond acceptors (Lipinski definition) is 8. The molecule has 0 saturated carbocycles. The molecule has 10 nitrogen and oxygen atoms in total. The van der Waals surface area contributed by atoms with Gasteiger partial charge in [-0.1, -0.05) is 0 Å². The maximum atomic E-state index is 12.0. The number of amides is 1. The normalized spacial score (nSPS) is 17.5. The van der Waals surface area contributed by atoms with Crippen LogP contribution in [0.5, 0.6) is 5.75 Å². The molecule has 2 aliphatic heterocycles. The summed E-state index contributed by atoms with van der Waals surface area (Å²) in [5.74, 6) is 2.41. The molecule has 0 aliphatic carbocycles. The predicted molar refractivity (Wildman–Crippen MR) is 130 cm³/mol. The van der Waals surface area contributed by atoms with Crippen LogP contribution in [-0.2, 0) is 17.8 Å². The minimum atomic E-state index is -0.333. The van der Waals surface area contributed by atoms with Gasteiger partial charge in [0.15, 0.2) is 5.82 Å². The third-order valence-corrected chi connectivity index (χ3v) is 6.71. The number of nitrogens with zero attached hydrogens (tertiary/aromatic N) is 5. The fourth-order valence-electron chi connectivity index (χ4n) is 4.76. The van der Waals surface area contributed by atoms with Crippen molar-refractivity contribution in [1.29, 1.82) is 0 Å². The zero-order valence-electron chi connectivity index (χ0n) is 19.8. The number of fused-ring (bicyclic) bond motifs is 1. The van der Waals surface area contributed by atoms with Crippen LogP contribution >= 0.6 is 0 Å². The van der Waals surface area contributed by atoms with Crippen molar-refractivity contribution >= 4 is 23.5 Å². The maximum absolute atomic E-state index is 12.0. The highest BCUT2D eigenvalue weighted by Crippen LogP contribution is 2.32. The molecule has 0 unspecified atom stereocenters. The lowest BCUT2D eigenvalue weighted by atomic mass is 10.1.